The number of hydrogen-bond acceptors (Lipinski definition) is 7. The topological polar surface area (TPSA) is 117 Å². The third-order valence-electron chi connectivity index (χ3n) is 2.12. The molecule has 0 aromatic carbocycles. The molecule has 1 heterocycles. The van der Waals surface area contributed by atoms with Gasteiger partial charge < -0.3 is 4.74 Å². The van der Waals surface area contributed by atoms with Gasteiger partial charge in [0.2, 0.25) is 5.95 Å². The lowest BCUT2D eigenvalue weighted by Crippen LogP contribution is -2.26. The van der Waals surface area contributed by atoms with E-state index in [4.69, 9.17) is 0 Å². The molecule has 0 radical (unpaired) electrons. The summed E-state index contributed by atoms with van der Waals surface area (Å²) in [6, 6.07) is 0. The molecule has 1 aromatic heterocycles. The van der Waals surface area contributed by atoms with E-state index < -0.39 is 28.9 Å². The molecule has 0 N–H and O–H groups in total. The van der Waals surface area contributed by atoms with Gasteiger partial charge in [-0.05, 0) is 13.8 Å². The molecule has 0 atom stereocenters. The van der Waals surface area contributed by atoms with E-state index in [0.717, 1.165) is 11.5 Å². The molecule has 0 unspecified atom stereocenters. The van der Waals surface area contributed by atoms with Gasteiger partial charge in [-0.3, -0.25) is 19.7 Å². The first-order chi connectivity index (χ1) is 8.88. The maximum atomic E-state index is 12.0. The molecule has 0 amide bonds. The Morgan fingerprint density at radius 1 is 1.63 bits per heavy atom. The molecular weight excluding hydrogens is 256 g/mol. The minimum atomic E-state index is -0.917. The molecule has 0 fully saturated rings. The van der Waals surface area contributed by atoms with Crippen molar-refractivity contribution in [1.29, 1.82) is 0 Å². The lowest BCUT2D eigenvalue weighted by atomic mass is 10.4. The third-order valence-corrected chi connectivity index (χ3v) is 2.12. The lowest BCUT2D eigenvalue weighted by Gasteiger charge is -2.09. The van der Waals surface area contributed by atoms with Gasteiger partial charge in [0, 0.05) is 13.1 Å². The SMILES string of the molecule is C/C=N/c1nc(C)c([N+](=O)[O-])c(=O)n1COC(C)=O. The number of esters is 1. The summed E-state index contributed by atoms with van der Waals surface area (Å²) >= 11 is 0. The number of nitro groups is 1. The van der Waals surface area contributed by atoms with Gasteiger partial charge in [-0.1, -0.05) is 0 Å². The van der Waals surface area contributed by atoms with Crippen LogP contribution in [0.4, 0.5) is 11.6 Å². The summed E-state index contributed by atoms with van der Waals surface area (Å²) in [5.74, 6) is -0.682. The first-order valence-corrected chi connectivity index (χ1v) is 5.26. The van der Waals surface area contributed by atoms with Gasteiger partial charge in [0.15, 0.2) is 6.73 Å². The molecule has 19 heavy (non-hydrogen) atoms. The van der Waals surface area contributed by atoms with E-state index in [0.29, 0.717) is 0 Å². The Kier molecular flexibility index (Phi) is 4.46. The van der Waals surface area contributed by atoms with E-state index in [1.165, 1.54) is 13.1 Å². The molecule has 0 saturated carbocycles. The molecule has 0 aliphatic heterocycles. The van der Waals surface area contributed by atoms with E-state index in [9.17, 15) is 19.7 Å². The molecule has 1 rings (SSSR count). The zero-order chi connectivity index (χ0) is 14.6. The lowest BCUT2D eigenvalue weighted by molar-refractivity contribution is -0.387. The maximum absolute atomic E-state index is 12.0. The number of aryl methyl sites for hydroxylation is 1. The van der Waals surface area contributed by atoms with Gasteiger partial charge in [0.05, 0.1) is 4.92 Å². The van der Waals surface area contributed by atoms with Gasteiger partial charge in [-0.2, -0.15) is 0 Å². The maximum Gasteiger partial charge on any atom is 0.355 e. The van der Waals surface area contributed by atoms with Crippen molar-refractivity contribution in [3.05, 3.63) is 26.2 Å². The van der Waals surface area contributed by atoms with E-state index in [-0.39, 0.29) is 11.6 Å². The molecule has 9 nitrogen and oxygen atoms in total. The van der Waals surface area contributed by atoms with Crippen LogP contribution in [0.25, 0.3) is 0 Å². The molecule has 1 aromatic rings. The van der Waals surface area contributed by atoms with Crippen LogP contribution in [-0.2, 0) is 16.3 Å². The van der Waals surface area contributed by atoms with Crippen LogP contribution < -0.4 is 5.56 Å². The van der Waals surface area contributed by atoms with E-state index in [2.05, 4.69) is 14.7 Å². The van der Waals surface area contributed by atoms with Gasteiger partial charge in [0.25, 0.3) is 0 Å². The fourth-order valence-electron chi connectivity index (χ4n) is 1.33. The number of rotatable bonds is 4. The standard InChI is InChI=1S/C10H12N4O5/c1-4-11-10-12-6(2)8(14(17)18)9(16)13(10)5-19-7(3)15/h4H,5H2,1-3H3/b11-4+. The van der Waals surface area contributed by atoms with Crippen LogP contribution in [0, 0.1) is 17.0 Å². The molecule has 0 bridgehead atoms. The first-order valence-electron chi connectivity index (χ1n) is 5.26. The van der Waals surface area contributed by atoms with Crippen molar-refractivity contribution in [1.82, 2.24) is 9.55 Å². The second-order valence-electron chi connectivity index (χ2n) is 3.49. The minimum Gasteiger partial charge on any atom is -0.444 e. The highest BCUT2D eigenvalue weighted by molar-refractivity contribution is 5.65. The van der Waals surface area contributed by atoms with Crippen molar-refractivity contribution in [2.75, 3.05) is 0 Å². The summed E-state index contributed by atoms with van der Waals surface area (Å²) < 4.78 is 5.48. The Hall–Kier alpha value is -2.58. The van der Waals surface area contributed by atoms with Gasteiger partial charge in [0.1, 0.15) is 5.69 Å². The number of aromatic nitrogens is 2. The van der Waals surface area contributed by atoms with E-state index in [1.54, 1.807) is 6.92 Å². The largest absolute Gasteiger partial charge is 0.444 e. The Morgan fingerprint density at radius 3 is 2.74 bits per heavy atom. The number of carbonyl (C=O) groups is 1. The van der Waals surface area contributed by atoms with E-state index >= 15 is 0 Å². The zero-order valence-corrected chi connectivity index (χ0v) is 10.6. The molecule has 102 valence electrons. The Labute approximate surface area is 107 Å². The van der Waals surface area contributed by atoms with Crippen LogP contribution in [0.5, 0.6) is 0 Å². The third kappa shape index (κ3) is 3.21. The molecule has 0 saturated heterocycles. The Bertz CT molecular complexity index is 605. The van der Waals surface area contributed by atoms with Crippen molar-refractivity contribution in [3.8, 4) is 0 Å². The Morgan fingerprint density at radius 2 is 2.26 bits per heavy atom. The van der Waals surface area contributed by atoms with Crippen LogP contribution >= 0.6 is 0 Å². The summed E-state index contributed by atoms with van der Waals surface area (Å²) in [6.07, 6.45) is 1.37. The highest BCUT2D eigenvalue weighted by atomic mass is 16.6. The monoisotopic (exact) mass is 268 g/mol. The van der Waals surface area contributed by atoms with Crippen molar-refractivity contribution in [3.63, 3.8) is 0 Å². The Balaban J connectivity index is 3.46. The van der Waals surface area contributed by atoms with Gasteiger partial charge in [-0.25, -0.2) is 14.5 Å². The molecule has 0 spiro atoms. The molecular formula is C10H12N4O5. The first kappa shape index (κ1) is 14.5. The molecule has 0 aliphatic rings. The summed E-state index contributed by atoms with van der Waals surface area (Å²) in [6.45, 7) is 3.61. The fourth-order valence-corrected chi connectivity index (χ4v) is 1.33. The summed E-state index contributed by atoms with van der Waals surface area (Å²) in [5, 5.41) is 10.8. The van der Waals surface area contributed by atoms with Gasteiger partial charge >= 0.3 is 17.2 Å². The van der Waals surface area contributed by atoms with Crippen molar-refractivity contribution in [2.45, 2.75) is 27.5 Å². The highest BCUT2D eigenvalue weighted by Crippen LogP contribution is 2.15. The average molecular weight is 268 g/mol. The second-order valence-corrected chi connectivity index (χ2v) is 3.49. The van der Waals surface area contributed by atoms with Crippen LogP contribution in [0.1, 0.15) is 19.5 Å². The normalized spacial score (nSPS) is 10.7. The van der Waals surface area contributed by atoms with Crippen LogP contribution in [0.2, 0.25) is 0 Å². The summed E-state index contributed by atoms with van der Waals surface area (Å²) in [4.78, 5) is 40.4. The number of ether oxygens (including phenoxy) is 1. The zero-order valence-electron chi connectivity index (χ0n) is 10.6. The predicted molar refractivity (Wildman–Crippen MR) is 65.5 cm³/mol. The van der Waals surface area contributed by atoms with Crippen LogP contribution in [0.15, 0.2) is 9.79 Å². The summed E-state index contributed by atoms with van der Waals surface area (Å²) in [7, 11) is 0. The van der Waals surface area contributed by atoms with Crippen molar-refractivity contribution in [2.24, 2.45) is 4.99 Å². The number of nitrogens with zero attached hydrogens (tertiary/aromatic N) is 4. The van der Waals surface area contributed by atoms with Crippen molar-refractivity contribution < 1.29 is 14.5 Å². The smallest absolute Gasteiger partial charge is 0.355 e. The highest BCUT2D eigenvalue weighted by Gasteiger charge is 2.23. The summed E-state index contributed by atoms with van der Waals surface area (Å²) in [5.41, 5.74) is -1.63. The number of aliphatic imine (C=N–C) groups is 1. The van der Waals surface area contributed by atoms with Crippen LogP contribution in [-0.4, -0.2) is 26.7 Å². The number of hydrogen-bond donors (Lipinski definition) is 0. The molecule has 9 heteroatoms. The minimum absolute atomic E-state index is 0.0466. The predicted octanol–water partition coefficient (Wildman–Crippen LogP) is 0.703. The second kappa shape index (κ2) is 5.85. The fraction of sp³-hybridized carbons (Fsp3) is 0.400. The molecule has 0 aliphatic carbocycles. The quantitative estimate of drug-likeness (QED) is 0.343. The average Bonchev–Trinajstić information content (AvgIpc) is 2.27. The van der Waals surface area contributed by atoms with Gasteiger partial charge in [-0.15, -0.1) is 0 Å². The number of carbonyl (C=O) groups excluding carboxylic acids is 1. The van der Waals surface area contributed by atoms with Crippen molar-refractivity contribution >= 4 is 23.8 Å². The van der Waals surface area contributed by atoms with E-state index in [1.807, 2.05) is 0 Å². The van der Waals surface area contributed by atoms with Crippen LogP contribution in [0.3, 0.4) is 0 Å².